The van der Waals surface area contributed by atoms with E-state index in [9.17, 15) is 9.90 Å². The topological polar surface area (TPSA) is 101 Å². The minimum atomic E-state index is -0.406. The largest absolute Gasteiger partial charge is 0.861 e. The molecule has 0 saturated carbocycles. The average molecular weight is 539 g/mol. The normalized spacial score (nSPS) is 17.3. The van der Waals surface area contributed by atoms with E-state index in [-0.39, 0.29) is 17.5 Å². The molecule has 4 aromatic rings. The van der Waals surface area contributed by atoms with Crippen molar-refractivity contribution in [3.63, 3.8) is 0 Å². The second-order valence-electron chi connectivity index (χ2n) is 9.24. The molecule has 0 unspecified atom stereocenters. The third-order valence-corrected chi connectivity index (χ3v) is 7.51. The molecule has 1 aromatic heterocycles. The van der Waals surface area contributed by atoms with Crippen molar-refractivity contribution >= 4 is 57.2 Å². The molecule has 0 aliphatic carbocycles. The molecule has 0 atom stereocenters. The second-order valence-corrected chi connectivity index (χ2v) is 10.2. The van der Waals surface area contributed by atoms with Gasteiger partial charge < -0.3 is 5.11 Å². The minimum absolute atomic E-state index is 0.0125. The first-order chi connectivity index (χ1) is 19.2. The number of thioether (sulfide) groups is 1. The van der Waals surface area contributed by atoms with Crippen molar-refractivity contribution in [1.82, 2.24) is 5.27 Å². The summed E-state index contributed by atoms with van der Waals surface area (Å²) in [7, 11) is 0. The molecule has 1 fully saturated rings. The summed E-state index contributed by atoms with van der Waals surface area (Å²) in [6.07, 6.45) is 6.81. The van der Waals surface area contributed by atoms with E-state index >= 15 is 0 Å². The first-order valence-corrected chi connectivity index (χ1v) is 13.8. The summed E-state index contributed by atoms with van der Waals surface area (Å²) >= 11 is 1.16. The fraction of sp³-hybridized carbons (Fsp3) is 0.207. The van der Waals surface area contributed by atoms with Crippen LogP contribution in [0.1, 0.15) is 24.8 Å². The van der Waals surface area contributed by atoms with Crippen LogP contribution >= 0.6 is 11.8 Å². The van der Waals surface area contributed by atoms with E-state index in [4.69, 9.17) is 4.52 Å². The molecule has 0 bridgehead atoms. The molecular weight excluding hydrogens is 512 g/mol. The highest BCUT2D eigenvalue weighted by Gasteiger charge is 2.32. The van der Waals surface area contributed by atoms with Gasteiger partial charge in [0.1, 0.15) is 5.70 Å². The predicted octanol–water partition coefficient (Wildman–Crippen LogP) is 3.80. The Morgan fingerprint density at radius 1 is 1.03 bits per heavy atom. The lowest BCUT2D eigenvalue weighted by molar-refractivity contribution is -0.759. The van der Waals surface area contributed by atoms with Crippen LogP contribution < -0.4 is 19.8 Å². The van der Waals surface area contributed by atoms with E-state index in [1.807, 2.05) is 72.8 Å². The lowest BCUT2D eigenvalue weighted by Gasteiger charge is -2.18. The number of fused-ring (bicyclic) bond motifs is 1. The number of piperidine rings is 1. The van der Waals surface area contributed by atoms with Crippen LogP contribution in [0.15, 0.2) is 99.2 Å². The Balaban J connectivity index is 1.25. The maximum absolute atomic E-state index is 13.5. The van der Waals surface area contributed by atoms with E-state index in [2.05, 4.69) is 20.3 Å². The molecule has 2 aliphatic rings. The number of hydrogen-bond donors (Lipinski definition) is 0. The van der Waals surface area contributed by atoms with Crippen LogP contribution in [0.3, 0.4) is 0 Å². The number of carbonyl (C=O) groups excluding carboxylic acids is 1. The van der Waals surface area contributed by atoms with Gasteiger partial charge in [-0.05, 0) is 59.7 Å². The SMILES string of the molecule is O=C1/C(=C\c2cccc3ccccc23)N=C(SC/C([O-])=N/c2c[n+](N3CCCCC3)no2)N1c1ccccc1. The highest BCUT2D eigenvalue weighted by Crippen LogP contribution is 2.30. The first-order valence-electron chi connectivity index (χ1n) is 12.8. The number of nitrogens with zero attached hydrogens (tertiary/aromatic N) is 6. The van der Waals surface area contributed by atoms with E-state index in [1.54, 1.807) is 17.1 Å². The number of amidine groups is 1. The number of anilines is 1. The summed E-state index contributed by atoms with van der Waals surface area (Å²) in [5.74, 6) is -0.524. The Hall–Kier alpha value is -4.44. The van der Waals surface area contributed by atoms with E-state index in [0.29, 0.717) is 16.6 Å². The molecule has 6 rings (SSSR count). The molecule has 10 heteroatoms. The van der Waals surface area contributed by atoms with Gasteiger partial charge in [-0.3, -0.25) is 14.2 Å². The summed E-state index contributed by atoms with van der Waals surface area (Å²) < 4.78 is 5.26. The van der Waals surface area contributed by atoms with Gasteiger partial charge in [0.2, 0.25) is 5.27 Å². The maximum Gasteiger partial charge on any atom is 0.324 e. The number of rotatable bonds is 6. The van der Waals surface area contributed by atoms with Gasteiger partial charge >= 0.3 is 5.88 Å². The van der Waals surface area contributed by atoms with Crippen LogP contribution in [-0.4, -0.2) is 41.1 Å². The van der Waals surface area contributed by atoms with Crippen LogP contribution in [0.4, 0.5) is 11.6 Å². The number of aromatic nitrogens is 2. The molecule has 196 valence electrons. The second kappa shape index (κ2) is 11.1. The van der Waals surface area contributed by atoms with Crippen molar-refractivity contribution in [3.05, 3.63) is 90.3 Å². The molecule has 1 amide bonds. The molecule has 3 heterocycles. The van der Waals surface area contributed by atoms with E-state index in [0.717, 1.165) is 54.0 Å². The van der Waals surface area contributed by atoms with E-state index < -0.39 is 5.90 Å². The number of amides is 1. The number of para-hydroxylation sites is 1. The van der Waals surface area contributed by atoms with Gasteiger partial charge in [-0.25, -0.2) is 9.98 Å². The maximum atomic E-state index is 13.5. The molecule has 0 spiro atoms. The van der Waals surface area contributed by atoms with Crippen LogP contribution in [0.2, 0.25) is 0 Å². The van der Waals surface area contributed by atoms with Crippen molar-refractivity contribution in [1.29, 1.82) is 0 Å². The number of carbonyl (C=O) groups is 1. The third-order valence-electron chi connectivity index (χ3n) is 6.59. The zero-order valence-corrected chi connectivity index (χ0v) is 22.0. The van der Waals surface area contributed by atoms with Gasteiger partial charge in [-0.1, -0.05) is 72.4 Å². The van der Waals surface area contributed by atoms with Gasteiger partial charge in [0, 0.05) is 5.75 Å². The lowest BCUT2D eigenvalue weighted by atomic mass is 10.0. The Morgan fingerprint density at radius 2 is 1.79 bits per heavy atom. The van der Waals surface area contributed by atoms with E-state index in [1.165, 1.54) is 11.3 Å². The van der Waals surface area contributed by atoms with Crippen LogP contribution in [0, 0.1) is 0 Å². The van der Waals surface area contributed by atoms with Gasteiger partial charge in [0.25, 0.3) is 12.1 Å². The van der Waals surface area contributed by atoms with Crippen LogP contribution in [0.25, 0.3) is 16.8 Å². The smallest absolute Gasteiger partial charge is 0.324 e. The van der Waals surface area contributed by atoms with Crippen molar-refractivity contribution < 1.29 is 19.2 Å². The molecule has 1 saturated heterocycles. The average Bonchev–Trinajstić information content (AvgIpc) is 3.57. The summed E-state index contributed by atoms with van der Waals surface area (Å²) in [5.41, 5.74) is 1.88. The molecule has 3 aromatic carbocycles. The first kappa shape index (κ1) is 24.9. The number of hydrogen-bond acceptors (Lipinski definition) is 8. The highest BCUT2D eigenvalue weighted by molar-refractivity contribution is 8.14. The third kappa shape index (κ3) is 5.42. The zero-order chi connectivity index (χ0) is 26.6. The molecule has 0 N–H and O–H groups in total. The minimum Gasteiger partial charge on any atom is -0.861 e. The van der Waals surface area contributed by atoms with Crippen LogP contribution in [-0.2, 0) is 4.79 Å². The van der Waals surface area contributed by atoms with Crippen LogP contribution in [0.5, 0.6) is 0 Å². The molecular formula is C29H26N6O3S. The monoisotopic (exact) mass is 538 g/mol. The van der Waals surface area contributed by atoms with Gasteiger partial charge in [-0.15, -0.1) is 0 Å². The van der Waals surface area contributed by atoms with Crippen molar-refractivity contribution in [3.8, 4) is 0 Å². The summed E-state index contributed by atoms with van der Waals surface area (Å²) in [6, 6.07) is 23.3. The lowest BCUT2D eigenvalue weighted by Crippen LogP contribution is -2.60. The molecule has 39 heavy (non-hydrogen) atoms. The van der Waals surface area contributed by atoms with Crippen molar-refractivity contribution in [2.45, 2.75) is 19.3 Å². The summed E-state index contributed by atoms with van der Waals surface area (Å²) in [6.45, 7) is 1.77. The van der Waals surface area contributed by atoms with Gasteiger partial charge in [-0.2, -0.15) is 5.01 Å². The Bertz CT molecular complexity index is 1590. The standard InChI is InChI=1S/C29H26N6O3S/c36-26(31-27-19-34(32-38-27)33-16-7-2-8-17-33)20-39-29-30-25(28(37)35(29)23-13-3-1-4-14-23)18-22-12-9-11-21-10-5-6-15-24(21)22/h1,3-6,9-15,18-19H,2,7-8,16-17,20H2/b25-18+. The van der Waals surface area contributed by atoms with Crippen molar-refractivity contribution in [2.75, 3.05) is 28.8 Å². The Kier molecular flexibility index (Phi) is 7.09. The quantitative estimate of drug-likeness (QED) is 0.160. The van der Waals surface area contributed by atoms with Gasteiger partial charge in [0.05, 0.1) is 23.6 Å². The van der Waals surface area contributed by atoms with Gasteiger partial charge in [0.15, 0.2) is 5.17 Å². The van der Waals surface area contributed by atoms with Crippen molar-refractivity contribution in [2.24, 2.45) is 9.98 Å². The number of aliphatic imine (C=N–C) groups is 2. The summed E-state index contributed by atoms with van der Waals surface area (Å²) in [4.78, 5) is 25.4. The summed E-state index contributed by atoms with van der Waals surface area (Å²) in [5, 5.41) is 21.3. The fourth-order valence-corrected chi connectivity index (χ4v) is 5.49. The predicted molar refractivity (Wildman–Crippen MR) is 151 cm³/mol. The zero-order valence-electron chi connectivity index (χ0n) is 21.1. The fourth-order valence-electron chi connectivity index (χ4n) is 4.70. The highest BCUT2D eigenvalue weighted by atomic mass is 32.2. The molecule has 9 nitrogen and oxygen atoms in total. The Labute approximate surface area is 229 Å². The number of benzene rings is 3. The Morgan fingerprint density at radius 3 is 2.64 bits per heavy atom. The molecule has 0 radical (unpaired) electrons. The molecule has 2 aliphatic heterocycles.